The summed E-state index contributed by atoms with van der Waals surface area (Å²) < 4.78 is 39.6. The highest BCUT2D eigenvalue weighted by atomic mass is 19.4. The van der Waals surface area contributed by atoms with Crippen molar-refractivity contribution in [2.45, 2.75) is 19.1 Å². The highest BCUT2D eigenvalue weighted by molar-refractivity contribution is 5.95. The fourth-order valence-electron chi connectivity index (χ4n) is 3.00. The van der Waals surface area contributed by atoms with Crippen LogP contribution in [0.4, 0.5) is 35.0 Å². The molecule has 3 aromatic carbocycles. The van der Waals surface area contributed by atoms with Gasteiger partial charge in [0.05, 0.1) is 23.4 Å². The second kappa shape index (κ2) is 9.86. The number of alkyl halides is 3. The van der Waals surface area contributed by atoms with Gasteiger partial charge in [0.15, 0.2) is 0 Å². The van der Waals surface area contributed by atoms with Crippen molar-refractivity contribution in [3.63, 3.8) is 0 Å². The van der Waals surface area contributed by atoms with Crippen LogP contribution >= 0.6 is 0 Å². The maximum Gasteiger partial charge on any atom is 0.416 e. The first kappa shape index (κ1) is 22.7. The molecule has 0 aliphatic rings. The van der Waals surface area contributed by atoms with Gasteiger partial charge in [-0.15, -0.1) is 0 Å². The van der Waals surface area contributed by atoms with E-state index in [4.69, 9.17) is 5.73 Å². The van der Waals surface area contributed by atoms with Crippen molar-refractivity contribution in [2.24, 2.45) is 5.73 Å². The van der Waals surface area contributed by atoms with Crippen molar-refractivity contribution in [3.05, 3.63) is 89.5 Å². The standard InChI is InChI=1S/C23H21F3N4O2/c24-23(25,26)17-8-11-19(28-14-16-4-2-1-3-5-16)20(13-17)30-21(31)12-15-6-9-18(10-7-15)29-22(27)32/h1-11,13,28H,12,14H2,(H,30,31)(H3,27,29,32). The van der Waals surface area contributed by atoms with E-state index in [0.717, 1.165) is 17.7 Å². The number of hydrogen-bond donors (Lipinski definition) is 4. The highest BCUT2D eigenvalue weighted by Gasteiger charge is 2.31. The van der Waals surface area contributed by atoms with Gasteiger partial charge < -0.3 is 21.7 Å². The highest BCUT2D eigenvalue weighted by Crippen LogP contribution is 2.34. The van der Waals surface area contributed by atoms with Crippen LogP contribution < -0.4 is 21.7 Å². The number of rotatable bonds is 7. The van der Waals surface area contributed by atoms with E-state index in [-0.39, 0.29) is 12.1 Å². The van der Waals surface area contributed by atoms with Crippen LogP contribution in [0.5, 0.6) is 0 Å². The summed E-state index contributed by atoms with van der Waals surface area (Å²) in [5.74, 6) is -0.484. The summed E-state index contributed by atoms with van der Waals surface area (Å²) in [6.45, 7) is 0.378. The Labute approximate surface area is 182 Å². The molecule has 0 saturated carbocycles. The summed E-state index contributed by atoms with van der Waals surface area (Å²) >= 11 is 0. The van der Waals surface area contributed by atoms with Crippen molar-refractivity contribution in [1.82, 2.24) is 0 Å². The Kier molecular flexibility index (Phi) is 6.99. The molecule has 0 atom stereocenters. The van der Waals surface area contributed by atoms with Crippen molar-refractivity contribution in [3.8, 4) is 0 Å². The zero-order valence-corrected chi connectivity index (χ0v) is 16.9. The molecule has 3 rings (SSSR count). The van der Waals surface area contributed by atoms with E-state index >= 15 is 0 Å². The molecule has 9 heteroatoms. The predicted octanol–water partition coefficient (Wildman–Crippen LogP) is 4.99. The maximum absolute atomic E-state index is 13.2. The second-order valence-electron chi connectivity index (χ2n) is 7.01. The third-order valence-corrected chi connectivity index (χ3v) is 4.53. The lowest BCUT2D eigenvalue weighted by molar-refractivity contribution is -0.137. The smallest absolute Gasteiger partial charge is 0.379 e. The van der Waals surface area contributed by atoms with Gasteiger partial charge in [-0.2, -0.15) is 13.2 Å². The topological polar surface area (TPSA) is 96.2 Å². The maximum atomic E-state index is 13.2. The number of primary amides is 1. The number of amides is 3. The SMILES string of the molecule is NC(=O)Nc1ccc(CC(=O)Nc2cc(C(F)(F)F)ccc2NCc2ccccc2)cc1. The third-order valence-electron chi connectivity index (χ3n) is 4.53. The van der Waals surface area contributed by atoms with Crippen LogP contribution in [0.2, 0.25) is 0 Å². The average molecular weight is 442 g/mol. The Bertz CT molecular complexity index is 1080. The molecule has 5 N–H and O–H groups in total. The molecule has 0 radical (unpaired) electrons. The Hall–Kier alpha value is -4.01. The quantitative estimate of drug-likeness (QED) is 0.415. The molecule has 0 fully saturated rings. The molecule has 0 spiro atoms. The van der Waals surface area contributed by atoms with Crippen molar-refractivity contribution in [1.29, 1.82) is 0 Å². The summed E-state index contributed by atoms with van der Waals surface area (Å²) in [5, 5.41) is 8.04. The number of nitrogens with two attached hydrogens (primary N) is 1. The van der Waals surface area contributed by atoms with Gasteiger partial charge in [-0.05, 0) is 41.5 Å². The molecule has 0 bridgehead atoms. The van der Waals surface area contributed by atoms with Crippen LogP contribution in [0.15, 0.2) is 72.8 Å². The molecule has 32 heavy (non-hydrogen) atoms. The Balaban J connectivity index is 1.74. The molecular formula is C23H21F3N4O2. The van der Waals surface area contributed by atoms with Crippen LogP contribution in [0.1, 0.15) is 16.7 Å². The normalized spacial score (nSPS) is 11.0. The Morgan fingerprint density at radius 3 is 2.12 bits per heavy atom. The fourth-order valence-corrected chi connectivity index (χ4v) is 3.00. The van der Waals surface area contributed by atoms with E-state index in [2.05, 4.69) is 16.0 Å². The molecule has 6 nitrogen and oxygen atoms in total. The van der Waals surface area contributed by atoms with Gasteiger partial charge in [0.25, 0.3) is 0 Å². The molecule has 0 aliphatic carbocycles. The van der Waals surface area contributed by atoms with Crippen LogP contribution in [-0.2, 0) is 23.9 Å². The zero-order valence-electron chi connectivity index (χ0n) is 16.9. The number of nitrogens with one attached hydrogen (secondary N) is 3. The number of carbonyl (C=O) groups excluding carboxylic acids is 2. The molecule has 3 aromatic rings. The molecule has 0 unspecified atom stereocenters. The first-order valence-corrected chi connectivity index (χ1v) is 9.65. The lowest BCUT2D eigenvalue weighted by Crippen LogP contribution is -2.19. The largest absolute Gasteiger partial charge is 0.416 e. The summed E-state index contributed by atoms with van der Waals surface area (Å²) in [5.41, 5.74) is 6.61. The summed E-state index contributed by atoms with van der Waals surface area (Å²) in [6.07, 6.45) is -4.61. The first-order valence-electron chi connectivity index (χ1n) is 9.65. The second-order valence-corrected chi connectivity index (χ2v) is 7.01. The molecule has 3 amide bonds. The summed E-state index contributed by atoms with van der Waals surface area (Å²) in [6, 6.07) is 18.2. The van der Waals surface area contributed by atoms with E-state index in [1.807, 2.05) is 30.3 Å². The first-order chi connectivity index (χ1) is 15.2. The van der Waals surface area contributed by atoms with Crippen molar-refractivity contribution >= 4 is 29.0 Å². The lowest BCUT2D eigenvalue weighted by Gasteiger charge is -2.16. The number of halogens is 3. The molecule has 166 valence electrons. The van der Waals surface area contributed by atoms with Crippen LogP contribution in [0.3, 0.4) is 0 Å². The number of urea groups is 1. The van der Waals surface area contributed by atoms with Crippen LogP contribution in [0, 0.1) is 0 Å². The van der Waals surface area contributed by atoms with Crippen molar-refractivity contribution < 1.29 is 22.8 Å². The minimum absolute atomic E-state index is 0.0350. The van der Waals surface area contributed by atoms with Gasteiger partial charge in [-0.1, -0.05) is 42.5 Å². The number of anilines is 3. The minimum atomic E-state index is -4.54. The van der Waals surface area contributed by atoms with Crippen LogP contribution in [-0.4, -0.2) is 11.9 Å². The Morgan fingerprint density at radius 1 is 0.812 bits per heavy atom. The van der Waals surface area contributed by atoms with Gasteiger partial charge in [0, 0.05) is 12.2 Å². The summed E-state index contributed by atoms with van der Waals surface area (Å²) in [7, 11) is 0. The molecule has 0 aromatic heterocycles. The van der Waals surface area contributed by atoms with Gasteiger partial charge >= 0.3 is 12.2 Å². The van der Waals surface area contributed by atoms with Crippen molar-refractivity contribution in [2.75, 3.05) is 16.0 Å². The van der Waals surface area contributed by atoms with Gasteiger partial charge in [-0.25, -0.2) is 4.79 Å². The third kappa shape index (κ3) is 6.49. The molecule has 0 heterocycles. The molecular weight excluding hydrogens is 421 g/mol. The van der Waals surface area contributed by atoms with E-state index < -0.39 is 23.7 Å². The lowest BCUT2D eigenvalue weighted by atomic mass is 10.1. The predicted molar refractivity (Wildman–Crippen MR) is 117 cm³/mol. The van der Waals surface area contributed by atoms with E-state index in [0.29, 0.717) is 23.5 Å². The summed E-state index contributed by atoms with van der Waals surface area (Å²) in [4.78, 5) is 23.4. The number of carbonyl (C=O) groups is 2. The number of benzene rings is 3. The van der Waals surface area contributed by atoms with Gasteiger partial charge in [0.2, 0.25) is 5.91 Å². The monoisotopic (exact) mass is 442 g/mol. The average Bonchev–Trinajstić information content (AvgIpc) is 2.74. The van der Waals surface area contributed by atoms with Gasteiger partial charge in [0.1, 0.15) is 0 Å². The van der Waals surface area contributed by atoms with E-state index in [1.165, 1.54) is 6.07 Å². The van der Waals surface area contributed by atoms with E-state index in [1.54, 1.807) is 24.3 Å². The van der Waals surface area contributed by atoms with Crippen LogP contribution in [0.25, 0.3) is 0 Å². The zero-order chi connectivity index (χ0) is 23.1. The Morgan fingerprint density at radius 2 is 1.50 bits per heavy atom. The fraction of sp³-hybridized carbons (Fsp3) is 0.130. The minimum Gasteiger partial charge on any atom is -0.379 e. The molecule has 0 aliphatic heterocycles. The van der Waals surface area contributed by atoms with Gasteiger partial charge in [-0.3, -0.25) is 4.79 Å². The number of hydrogen-bond acceptors (Lipinski definition) is 3. The molecule has 0 saturated heterocycles. The van der Waals surface area contributed by atoms with E-state index in [9.17, 15) is 22.8 Å².